The summed E-state index contributed by atoms with van der Waals surface area (Å²) in [6.45, 7) is 1.65. The number of fused-ring (bicyclic) bond motifs is 1. The summed E-state index contributed by atoms with van der Waals surface area (Å²) in [4.78, 5) is 36.3. The highest BCUT2D eigenvalue weighted by Gasteiger charge is 2.26. The van der Waals surface area contributed by atoms with Gasteiger partial charge in [-0.2, -0.15) is 0 Å². The zero-order valence-corrected chi connectivity index (χ0v) is 16.1. The van der Waals surface area contributed by atoms with Crippen molar-refractivity contribution in [2.45, 2.75) is 6.92 Å². The Morgan fingerprint density at radius 1 is 1.03 bits per heavy atom. The quantitative estimate of drug-likeness (QED) is 0.280. The van der Waals surface area contributed by atoms with Crippen LogP contribution >= 0.6 is 0 Å². The van der Waals surface area contributed by atoms with Crippen molar-refractivity contribution in [3.05, 3.63) is 87.8 Å². The largest absolute Gasteiger partial charge is 0.465 e. The maximum atomic E-state index is 13.3. The number of nitrogens with zero attached hydrogens (tertiary/aromatic N) is 2. The lowest BCUT2D eigenvalue weighted by Gasteiger charge is -2.05. The standard InChI is InChI=1S/C22H16N2O6/c1-13-20(22(26)29-2)15-8-4-5-9-16(15)23(13)21(25)19-12-11-18(30-19)14-7-3-6-10-17(14)24(27)28/h3-12H,1-2H3. The molecule has 0 aliphatic heterocycles. The normalized spacial score (nSPS) is 10.9. The molecule has 0 radical (unpaired) electrons. The van der Waals surface area contributed by atoms with Gasteiger partial charge in [0.1, 0.15) is 5.76 Å². The number of benzene rings is 2. The SMILES string of the molecule is COC(=O)c1c(C)n(C(=O)c2ccc(-c3ccccc3[N+](=O)[O-])o2)c2ccccc12. The van der Waals surface area contributed by atoms with Crippen molar-refractivity contribution in [1.29, 1.82) is 0 Å². The Hall–Kier alpha value is -4.20. The molecule has 0 fully saturated rings. The molecule has 2 aromatic carbocycles. The highest BCUT2D eigenvalue weighted by Crippen LogP contribution is 2.32. The number of carbonyl (C=O) groups excluding carboxylic acids is 2. The van der Waals surface area contributed by atoms with Crippen LogP contribution in [0.5, 0.6) is 0 Å². The van der Waals surface area contributed by atoms with E-state index in [4.69, 9.17) is 9.15 Å². The molecule has 150 valence electrons. The number of furan rings is 1. The minimum atomic E-state index is -0.546. The molecule has 4 aromatic rings. The first-order valence-corrected chi connectivity index (χ1v) is 9.00. The van der Waals surface area contributed by atoms with E-state index in [-0.39, 0.29) is 22.8 Å². The summed E-state index contributed by atoms with van der Waals surface area (Å²) in [6.07, 6.45) is 0. The highest BCUT2D eigenvalue weighted by molar-refractivity contribution is 6.11. The first-order valence-electron chi connectivity index (χ1n) is 9.00. The predicted molar refractivity (Wildman–Crippen MR) is 109 cm³/mol. The summed E-state index contributed by atoms with van der Waals surface area (Å²) in [5.74, 6) is -0.852. The van der Waals surface area contributed by atoms with Crippen LogP contribution < -0.4 is 0 Å². The maximum absolute atomic E-state index is 13.3. The lowest BCUT2D eigenvalue weighted by molar-refractivity contribution is -0.384. The van der Waals surface area contributed by atoms with E-state index in [0.717, 1.165) is 0 Å². The van der Waals surface area contributed by atoms with Gasteiger partial charge >= 0.3 is 5.97 Å². The van der Waals surface area contributed by atoms with Crippen LogP contribution in [0.4, 0.5) is 5.69 Å². The van der Waals surface area contributed by atoms with Crippen LogP contribution in [0.25, 0.3) is 22.2 Å². The lowest BCUT2D eigenvalue weighted by atomic mass is 10.1. The number of rotatable bonds is 4. The second-order valence-corrected chi connectivity index (χ2v) is 6.55. The van der Waals surface area contributed by atoms with Crippen molar-refractivity contribution < 1.29 is 23.7 Å². The third-order valence-corrected chi connectivity index (χ3v) is 4.89. The topological polar surface area (TPSA) is 105 Å². The number of nitro groups is 1. The number of methoxy groups -OCH3 is 1. The van der Waals surface area contributed by atoms with Crippen molar-refractivity contribution in [3.63, 3.8) is 0 Å². The smallest absolute Gasteiger partial charge is 0.340 e. The van der Waals surface area contributed by atoms with E-state index in [1.165, 1.54) is 29.9 Å². The fourth-order valence-corrected chi connectivity index (χ4v) is 3.54. The molecular formula is C22H16N2O6. The average Bonchev–Trinajstić information content (AvgIpc) is 3.35. The molecule has 2 aromatic heterocycles. The van der Waals surface area contributed by atoms with Gasteiger partial charge in [-0.3, -0.25) is 19.5 Å². The zero-order valence-electron chi connectivity index (χ0n) is 16.1. The Kier molecular flexibility index (Phi) is 4.67. The van der Waals surface area contributed by atoms with E-state index >= 15 is 0 Å². The van der Waals surface area contributed by atoms with Crippen LogP contribution in [0.2, 0.25) is 0 Å². The van der Waals surface area contributed by atoms with Crippen LogP contribution in [0.15, 0.2) is 65.1 Å². The molecule has 0 bridgehead atoms. The molecule has 4 rings (SSSR count). The van der Waals surface area contributed by atoms with Crippen LogP contribution in [-0.2, 0) is 4.74 Å². The number of aromatic nitrogens is 1. The van der Waals surface area contributed by atoms with Gasteiger partial charge in [0.25, 0.3) is 11.6 Å². The summed E-state index contributed by atoms with van der Waals surface area (Å²) >= 11 is 0. The number of hydrogen-bond donors (Lipinski definition) is 0. The molecule has 0 atom stereocenters. The van der Waals surface area contributed by atoms with E-state index in [1.807, 2.05) is 0 Å². The zero-order chi connectivity index (χ0) is 21.4. The molecule has 0 aliphatic rings. The van der Waals surface area contributed by atoms with Gasteiger partial charge in [-0.1, -0.05) is 30.3 Å². The molecular weight excluding hydrogens is 388 g/mol. The number of para-hydroxylation sites is 2. The van der Waals surface area contributed by atoms with Crippen LogP contribution in [0.3, 0.4) is 0 Å². The van der Waals surface area contributed by atoms with Crippen LogP contribution in [0.1, 0.15) is 26.6 Å². The number of carbonyl (C=O) groups is 2. The Morgan fingerprint density at radius 3 is 2.47 bits per heavy atom. The van der Waals surface area contributed by atoms with E-state index < -0.39 is 16.8 Å². The number of esters is 1. The second-order valence-electron chi connectivity index (χ2n) is 6.55. The fourth-order valence-electron chi connectivity index (χ4n) is 3.54. The first-order chi connectivity index (χ1) is 14.4. The molecule has 0 spiro atoms. The minimum absolute atomic E-state index is 0.0107. The molecule has 8 nitrogen and oxygen atoms in total. The summed E-state index contributed by atoms with van der Waals surface area (Å²) < 4.78 is 11.9. The van der Waals surface area contributed by atoms with Crippen LogP contribution in [-0.4, -0.2) is 28.5 Å². The van der Waals surface area contributed by atoms with Gasteiger partial charge in [0, 0.05) is 17.1 Å². The van der Waals surface area contributed by atoms with Gasteiger partial charge in [0.05, 0.1) is 28.7 Å². The molecule has 0 N–H and O–H groups in total. The fraction of sp³-hybridized carbons (Fsp3) is 0.0909. The Labute approximate surface area is 170 Å². The van der Waals surface area contributed by atoms with Crippen molar-refractivity contribution in [2.24, 2.45) is 0 Å². The monoisotopic (exact) mass is 404 g/mol. The molecule has 0 unspecified atom stereocenters. The molecule has 0 saturated carbocycles. The molecule has 2 heterocycles. The van der Waals surface area contributed by atoms with E-state index in [0.29, 0.717) is 22.2 Å². The van der Waals surface area contributed by atoms with Crippen molar-refractivity contribution in [2.75, 3.05) is 7.11 Å². The van der Waals surface area contributed by atoms with E-state index in [9.17, 15) is 19.7 Å². The van der Waals surface area contributed by atoms with Gasteiger partial charge in [0.15, 0.2) is 5.76 Å². The second kappa shape index (κ2) is 7.32. The number of hydrogen-bond acceptors (Lipinski definition) is 6. The average molecular weight is 404 g/mol. The van der Waals surface area contributed by atoms with Gasteiger partial charge in [-0.15, -0.1) is 0 Å². The Bertz CT molecular complexity index is 1310. The van der Waals surface area contributed by atoms with Crippen LogP contribution in [0, 0.1) is 17.0 Å². The minimum Gasteiger partial charge on any atom is -0.465 e. The number of nitro benzene ring substituents is 1. The third kappa shape index (κ3) is 2.95. The third-order valence-electron chi connectivity index (χ3n) is 4.89. The van der Waals surface area contributed by atoms with Crippen molar-refractivity contribution in [3.8, 4) is 11.3 Å². The summed E-state index contributed by atoms with van der Waals surface area (Å²) in [5, 5.41) is 11.9. The maximum Gasteiger partial charge on any atom is 0.340 e. The van der Waals surface area contributed by atoms with Crippen molar-refractivity contribution >= 4 is 28.5 Å². The first kappa shape index (κ1) is 19.1. The van der Waals surface area contributed by atoms with Gasteiger partial charge in [0.2, 0.25) is 0 Å². The van der Waals surface area contributed by atoms with Gasteiger partial charge in [-0.05, 0) is 31.2 Å². The van der Waals surface area contributed by atoms with Gasteiger partial charge < -0.3 is 9.15 Å². The summed E-state index contributed by atoms with van der Waals surface area (Å²) in [6, 6.07) is 16.1. The Balaban J connectivity index is 1.83. The molecule has 0 saturated heterocycles. The van der Waals surface area contributed by atoms with E-state index in [1.54, 1.807) is 49.4 Å². The lowest BCUT2D eigenvalue weighted by Crippen LogP contribution is -2.14. The van der Waals surface area contributed by atoms with Crippen molar-refractivity contribution in [1.82, 2.24) is 4.57 Å². The highest BCUT2D eigenvalue weighted by atomic mass is 16.6. The summed E-state index contributed by atoms with van der Waals surface area (Å²) in [5.41, 5.74) is 1.39. The molecule has 0 aliphatic carbocycles. The molecule has 0 amide bonds. The van der Waals surface area contributed by atoms with E-state index in [2.05, 4.69) is 0 Å². The number of ether oxygens (including phenoxy) is 1. The molecule has 8 heteroatoms. The Morgan fingerprint density at radius 2 is 1.73 bits per heavy atom. The predicted octanol–water partition coefficient (Wildman–Crippen LogP) is 4.59. The van der Waals surface area contributed by atoms with Gasteiger partial charge in [-0.25, -0.2) is 4.79 Å². The summed E-state index contributed by atoms with van der Waals surface area (Å²) in [7, 11) is 1.28. The molecule has 30 heavy (non-hydrogen) atoms.